The van der Waals surface area contributed by atoms with Gasteiger partial charge in [0.1, 0.15) is 0 Å². The van der Waals surface area contributed by atoms with Gasteiger partial charge in [-0.2, -0.15) is 47.5 Å². The van der Waals surface area contributed by atoms with E-state index in [4.69, 9.17) is 0 Å². The van der Waals surface area contributed by atoms with Crippen LogP contribution in [-0.2, 0) is 41.5 Å². The first-order valence-electron chi connectivity index (χ1n) is 14.9. The Morgan fingerprint density at radius 3 is 1.64 bits per heavy atom. The van der Waals surface area contributed by atoms with Crippen molar-refractivity contribution in [1.82, 2.24) is 0 Å². The first-order valence-corrected chi connectivity index (χ1v) is 16.1. The van der Waals surface area contributed by atoms with Crippen LogP contribution in [0.1, 0.15) is 86.1 Å². The second-order valence-corrected chi connectivity index (χ2v) is 14.6. The van der Waals surface area contributed by atoms with Crippen LogP contribution < -0.4 is 24.8 Å². The van der Waals surface area contributed by atoms with Crippen molar-refractivity contribution in [2.75, 3.05) is 0 Å². The van der Waals surface area contributed by atoms with Crippen molar-refractivity contribution in [3.8, 4) is 11.1 Å². The van der Waals surface area contributed by atoms with Crippen molar-refractivity contribution in [3.63, 3.8) is 0 Å². The third-order valence-electron chi connectivity index (χ3n) is 7.70. The Morgan fingerprint density at radius 1 is 0.659 bits per heavy atom. The van der Waals surface area contributed by atoms with E-state index in [1.54, 1.807) is 0 Å². The predicted molar refractivity (Wildman–Crippen MR) is 179 cm³/mol. The topological polar surface area (TPSA) is 0 Å². The van der Waals surface area contributed by atoms with Crippen LogP contribution in [0, 0.1) is 19.9 Å². The molecule has 6 rings (SSSR count). The van der Waals surface area contributed by atoms with Crippen molar-refractivity contribution in [1.29, 1.82) is 0 Å². The summed E-state index contributed by atoms with van der Waals surface area (Å²) >= 11 is 1.47. The zero-order valence-corrected chi connectivity index (χ0v) is 31.3. The fourth-order valence-electron chi connectivity index (χ4n) is 5.07. The Hall–Kier alpha value is -2.44. The Kier molecular flexibility index (Phi) is 13.9. The molecule has 0 aliphatic heterocycles. The molecule has 1 aliphatic rings. The molecule has 1 aliphatic carbocycles. The predicted octanol–water partition coefficient (Wildman–Crippen LogP) is 4.49. The van der Waals surface area contributed by atoms with Crippen LogP contribution in [-0.4, -0.2) is 3.21 Å². The zero-order valence-electron chi connectivity index (χ0n) is 27.4. The molecule has 0 atom stereocenters. The van der Waals surface area contributed by atoms with E-state index in [0.29, 0.717) is 0 Å². The number of halogens is 2. The third-order valence-corrected chi connectivity index (χ3v) is 9.11. The summed E-state index contributed by atoms with van der Waals surface area (Å²) < 4.78 is 1.43. The van der Waals surface area contributed by atoms with Crippen molar-refractivity contribution in [3.05, 3.63) is 160 Å². The van der Waals surface area contributed by atoms with Gasteiger partial charge in [0, 0.05) is 0 Å². The Morgan fingerprint density at radius 2 is 1.18 bits per heavy atom. The molecule has 0 saturated heterocycles. The van der Waals surface area contributed by atoms with Crippen LogP contribution in [0.4, 0.5) is 0 Å². The molecule has 0 spiro atoms. The smallest absolute Gasteiger partial charge is 0.172 e. The quantitative estimate of drug-likeness (QED) is 0.234. The molecular formula is C41H44Cl2Zr-2. The van der Waals surface area contributed by atoms with Gasteiger partial charge in [-0.15, -0.1) is 5.56 Å². The molecule has 228 valence electrons. The summed E-state index contributed by atoms with van der Waals surface area (Å²) in [5.74, 6) is 0. The maximum atomic E-state index is 3.53. The standard InChI is InChI=1S/C21H25.C15H14.C5H5.2ClH.Zr/c1-20(2,3)16-9-7-14-11-15-8-10-17(21(4,5)6)13-19(15)18(14)12-16;1-12-5-3-7-14(9-12)11-15-8-4-6-13(2)10-15;1-2-4-5-3-1;;;/h7,9-10,12-13H,11H2,1-6H3;3-10H,1-2H3;1-5H;2*1H;/q-1;;-1;;;+2/p-2. The van der Waals surface area contributed by atoms with Crippen LogP contribution in [0.3, 0.4) is 0 Å². The van der Waals surface area contributed by atoms with Crippen molar-refractivity contribution < 1.29 is 49.0 Å². The van der Waals surface area contributed by atoms with Crippen LogP contribution in [0.2, 0.25) is 0 Å². The Bertz CT molecular complexity index is 1520. The largest absolute Gasteiger partial charge is 1.00 e. The number of fused-ring (bicyclic) bond motifs is 3. The molecule has 0 bridgehead atoms. The number of aryl methyl sites for hydroxylation is 2. The molecule has 3 heteroatoms. The molecule has 0 fully saturated rings. The maximum Gasteiger partial charge on any atom is -0.172 e. The fourth-order valence-corrected chi connectivity index (χ4v) is 5.84. The average molecular weight is 699 g/mol. The summed E-state index contributed by atoms with van der Waals surface area (Å²) in [5, 5.41) is 0. The Balaban J connectivity index is 0.000000260. The molecule has 0 amide bonds. The van der Waals surface area contributed by atoms with Gasteiger partial charge in [-0.1, -0.05) is 76.3 Å². The van der Waals surface area contributed by atoms with Crippen molar-refractivity contribution in [2.45, 2.75) is 72.6 Å². The molecule has 0 nitrogen and oxygen atoms in total. The van der Waals surface area contributed by atoms with Gasteiger partial charge in [0.15, 0.2) is 0 Å². The van der Waals surface area contributed by atoms with Crippen LogP contribution in [0.25, 0.3) is 11.1 Å². The summed E-state index contributed by atoms with van der Waals surface area (Å²) in [5.41, 5.74) is 14.1. The molecule has 5 aromatic rings. The van der Waals surface area contributed by atoms with Gasteiger partial charge in [-0.3, -0.25) is 0 Å². The molecule has 0 aromatic heterocycles. The minimum absolute atomic E-state index is 0. The van der Waals surface area contributed by atoms with Crippen LogP contribution in [0.15, 0.2) is 109 Å². The first-order chi connectivity index (χ1) is 19.8. The van der Waals surface area contributed by atoms with E-state index >= 15 is 0 Å². The van der Waals surface area contributed by atoms with Gasteiger partial charge in [0.25, 0.3) is 0 Å². The molecule has 0 radical (unpaired) electrons. The maximum absolute atomic E-state index is 3.53. The van der Waals surface area contributed by atoms with Gasteiger partial charge < -0.3 is 24.8 Å². The molecule has 0 N–H and O–H groups in total. The van der Waals surface area contributed by atoms with Crippen LogP contribution in [0.5, 0.6) is 0 Å². The van der Waals surface area contributed by atoms with Crippen molar-refractivity contribution in [2.24, 2.45) is 0 Å². The van der Waals surface area contributed by atoms with Crippen molar-refractivity contribution >= 4 is 3.21 Å². The molecule has 0 heterocycles. The molecule has 5 aromatic carbocycles. The number of rotatable bonds is 2. The summed E-state index contributed by atoms with van der Waals surface area (Å²) in [6.45, 7) is 17.9. The van der Waals surface area contributed by atoms with E-state index in [1.807, 2.05) is 30.3 Å². The summed E-state index contributed by atoms with van der Waals surface area (Å²) in [6, 6.07) is 42.5. The monoisotopic (exact) mass is 696 g/mol. The van der Waals surface area contributed by atoms with E-state index in [-0.39, 0.29) is 35.6 Å². The summed E-state index contributed by atoms with van der Waals surface area (Å²) in [4.78, 5) is 0. The van der Waals surface area contributed by atoms with Crippen LogP contribution >= 0.6 is 0 Å². The van der Waals surface area contributed by atoms with E-state index in [0.717, 1.165) is 6.42 Å². The molecule has 44 heavy (non-hydrogen) atoms. The third kappa shape index (κ3) is 10.0. The van der Waals surface area contributed by atoms with Gasteiger partial charge in [0.05, 0.1) is 0 Å². The van der Waals surface area contributed by atoms with E-state index in [2.05, 4.69) is 140 Å². The van der Waals surface area contributed by atoms with Gasteiger partial charge >= 0.3 is 112 Å². The zero-order chi connectivity index (χ0) is 30.5. The Labute approximate surface area is 293 Å². The summed E-state index contributed by atoms with van der Waals surface area (Å²) in [7, 11) is 0. The summed E-state index contributed by atoms with van der Waals surface area (Å²) in [6.07, 6.45) is 1.03. The van der Waals surface area contributed by atoms with E-state index in [9.17, 15) is 0 Å². The van der Waals surface area contributed by atoms with E-state index in [1.165, 1.54) is 83.1 Å². The molecule has 0 saturated carbocycles. The SMILES string of the molecule is CC(C)(C)c1c[c-]c2c(c1)-c1cc(C(C)(C)C)ccc1C2.Cc1cccc([C](=[Zr+2])c2cccc(C)c2)c1.[Cl-].[Cl-].c1cc[cH-]c1. The van der Waals surface area contributed by atoms with Gasteiger partial charge in [0.2, 0.25) is 0 Å². The van der Waals surface area contributed by atoms with Gasteiger partial charge in [-0.25, -0.2) is 12.1 Å². The fraction of sp³-hybridized carbons (Fsp3) is 0.268. The second kappa shape index (κ2) is 16.2. The first kappa shape index (κ1) is 37.7. The van der Waals surface area contributed by atoms with E-state index < -0.39 is 0 Å². The number of benzene rings is 4. The van der Waals surface area contributed by atoms with Gasteiger partial charge in [-0.05, 0) is 17.4 Å². The minimum Gasteiger partial charge on any atom is -1.00 e. The molecule has 0 unspecified atom stereocenters. The number of hydrogen-bond acceptors (Lipinski definition) is 0. The minimum atomic E-state index is 0. The average Bonchev–Trinajstić information content (AvgIpc) is 3.63. The normalized spacial score (nSPS) is 11.3. The number of hydrogen-bond donors (Lipinski definition) is 0. The molecular weight excluding hydrogens is 655 g/mol. The second-order valence-electron chi connectivity index (χ2n) is 13.4.